The first-order valence-corrected chi connectivity index (χ1v) is 4.62. The molecule has 6 heteroatoms. The third-order valence-electron chi connectivity index (χ3n) is 3.33. The van der Waals surface area contributed by atoms with Gasteiger partial charge in [0.2, 0.25) is 0 Å². The highest BCUT2D eigenvalue weighted by Gasteiger charge is 2.62. The first-order chi connectivity index (χ1) is 6.93. The minimum absolute atomic E-state index is 0.0312. The van der Waals surface area contributed by atoms with E-state index in [2.05, 4.69) is 10.2 Å². The van der Waals surface area contributed by atoms with Crippen molar-refractivity contribution in [1.82, 2.24) is 10.2 Å². The van der Waals surface area contributed by atoms with Crippen LogP contribution in [0.25, 0.3) is 0 Å². The van der Waals surface area contributed by atoms with E-state index in [0.29, 0.717) is 0 Å². The third-order valence-corrected chi connectivity index (χ3v) is 3.33. The van der Waals surface area contributed by atoms with Crippen molar-refractivity contribution < 1.29 is 18.0 Å². The molecule has 1 heterocycles. The maximum absolute atomic E-state index is 12.5. The number of fused-ring (bicyclic) bond motifs is 3. The van der Waals surface area contributed by atoms with E-state index < -0.39 is 11.9 Å². The molecule has 0 radical (unpaired) electrons. The molecule has 0 spiro atoms. The van der Waals surface area contributed by atoms with Gasteiger partial charge in [-0.2, -0.15) is 18.3 Å². The van der Waals surface area contributed by atoms with Crippen LogP contribution in [0.5, 0.6) is 0 Å². The predicted molar refractivity (Wildman–Crippen MR) is 43.3 cm³/mol. The van der Waals surface area contributed by atoms with Gasteiger partial charge in [0.25, 0.3) is 0 Å². The second-order valence-corrected chi connectivity index (χ2v) is 4.13. The van der Waals surface area contributed by atoms with Gasteiger partial charge < -0.3 is 0 Å². The number of hydrogen-bond donors (Lipinski definition) is 1. The molecule has 0 bridgehead atoms. The standard InChI is InChI=1S/C9H7F3N2O/c1-2-3-4(2)7(15)6-5(3)8(14-13-6)9(10,11)12/h2-4H,1H3,(H,13,14). The van der Waals surface area contributed by atoms with Gasteiger partial charge in [0.15, 0.2) is 11.5 Å². The SMILES string of the molecule is CC1C2C(=O)c3[nH]nc(C(F)(F)F)c3C12. The van der Waals surface area contributed by atoms with E-state index in [9.17, 15) is 18.0 Å². The molecule has 0 amide bonds. The van der Waals surface area contributed by atoms with E-state index in [1.54, 1.807) is 6.92 Å². The fourth-order valence-electron chi connectivity index (χ4n) is 2.55. The second-order valence-electron chi connectivity index (χ2n) is 4.13. The number of halogens is 3. The topological polar surface area (TPSA) is 45.8 Å². The van der Waals surface area contributed by atoms with E-state index in [1.165, 1.54) is 0 Å². The van der Waals surface area contributed by atoms with E-state index in [4.69, 9.17) is 0 Å². The van der Waals surface area contributed by atoms with Crippen LogP contribution in [0.1, 0.15) is 34.6 Å². The molecule has 1 aromatic rings. The Morgan fingerprint density at radius 1 is 1.33 bits per heavy atom. The molecule has 80 valence electrons. The van der Waals surface area contributed by atoms with E-state index >= 15 is 0 Å². The Morgan fingerprint density at radius 3 is 2.60 bits per heavy atom. The van der Waals surface area contributed by atoms with Gasteiger partial charge in [-0.3, -0.25) is 9.89 Å². The number of Topliss-reactive ketones (excluding diaryl/α,β-unsaturated/α-hetero) is 1. The van der Waals surface area contributed by atoms with Crippen molar-refractivity contribution in [2.24, 2.45) is 11.8 Å². The van der Waals surface area contributed by atoms with Crippen molar-refractivity contribution in [1.29, 1.82) is 0 Å². The zero-order valence-corrected chi connectivity index (χ0v) is 7.72. The first kappa shape index (κ1) is 8.94. The fourth-order valence-corrected chi connectivity index (χ4v) is 2.55. The van der Waals surface area contributed by atoms with Crippen molar-refractivity contribution >= 4 is 5.78 Å². The molecule has 0 aromatic carbocycles. The number of aromatic amines is 1. The molecule has 3 nitrogen and oxygen atoms in total. The van der Waals surface area contributed by atoms with E-state index in [1.807, 2.05) is 0 Å². The van der Waals surface area contributed by atoms with Crippen LogP contribution in [-0.4, -0.2) is 16.0 Å². The van der Waals surface area contributed by atoms with Gasteiger partial charge in [0.1, 0.15) is 5.69 Å². The summed E-state index contributed by atoms with van der Waals surface area (Å²) in [5, 5.41) is 5.40. The van der Waals surface area contributed by atoms with Crippen molar-refractivity contribution in [2.45, 2.75) is 19.0 Å². The molecule has 3 rings (SSSR count). The molecule has 3 atom stereocenters. The molecule has 1 saturated carbocycles. The Hall–Kier alpha value is -1.33. The van der Waals surface area contributed by atoms with Gasteiger partial charge in [-0.1, -0.05) is 6.92 Å². The number of hydrogen-bond acceptors (Lipinski definition) is 2. The number of carbonyl (C=O) groups is 1. The number of rotatable bonds is 0. The van der Waals surface area contributed by atoms with Crippen LogP contribution in [0.15, 0.2) is 0 Å². The summed E-state index contributed by atoms with van der Waals surface area (Å²) in [6.07, 6.45) is -4.47. The minimum Gasteiger partial charge on any atom is -0.292 e. The van der Waals surface area contributed by atoms with Crippen LogP contribution < -0.4 is 0 Å². The smallest absolute Gasteiger partial charge is 0.292 e. The molecule has 3 unspecified atom stereocenters. The van der Waals surface area contributed by atoms with Gasteiger partial charge in [-0.25, -0.2) is 0 Å². The number of ketones is 1. The number of nitrogens with zero attached hydrogens (tertiary/aromatic N) is 1. The van der Waals surface area contributed by atoms with Gasteiger partial charge in [-0.15, -0.1) is 0 Å². The van der Waals surface area contributed by atoms with Gasteiger partial charge in [-0.05, 0) is 5.92 Å². The zero-order valence-electron chi connectivity index (χ0n) is 7.72. The fraction of sp³-hybridized carbons (Fsp3) is 0.556. The Kier molecular flexibility index (Phi) is 1.34. The highest BCUT2D eigenvalue weighted by Crippen LogP contribution is 2.62. The second kappa shape index (κ2) is 2.25. The summed E-state index contributed by atoms with van der Waals surface area (Å²) in [5.41, 5.74) is -0.761. The minimum atomic E-state index is -4.47. The molecule has 1 N–H and O–H groups in total. The summed E-state index contributed by atoms with van der Waals surface area (Å²) >= 11 is 0. The highest BCUT2D eigenvalue weighted by molar-refractivity contribution is 6.05. The number of aromatic nitrogens is 2. The largest absolute Gasteiger partial charge is 0.435 e. The van der Waals surface area contributed by atoms with Crippen molar-refractivity contribution in [3.05, 3.63) is 17.0 Å². The molecule has 2 aliphatic carbocycles. The highest BCUT2D eigenvalue weighted by atomic mass is 19.4. The van der Waals surface area contributed by atoms with Crippen LogP contribution >= 0.6 is 0 Å². The lowest BCUT2D eigenvalue weighted by molar-refractivity contribution is -0.141. The summed E-state index contributed by atoms with van der Waals surface area (Å²) in [7, 11) is 0. The Morgan fingerprint density at radius 2 is 2.00 bits per heavy atom. The Balaban J connectivity index is 2.17. The quantitative estimate of drug-likeness (QED) is 0.720. The summed E-state index contributed by atoms with van der Waals surface area (Å²) < 4.78 is 37.6. The molecule has 1 fully saturated rings. The number of carbonyl (C=O) groups excluding carboxylic acids is 1. The van der Waals surface area contributed by atoms with Crippen molar-refractivity contribution in [3.63, 3.8) is 0 Å². The lowest BCUT2D eigenvalue weighted by atomic mass is 10.1. The molecular formula is C9H7F3N2O. The predicted octanol–water partition coefficient (Wildman–Crippen LogP) is 1.97. The van der Waals surface area contributed by atoms with Gasteiger partial charge in [0, 0.05) is 17.4 Å². The molecule has 0 aliphatic heterocycles. The van der Waals surface area contributed by atoms with Gasteiger partial charge in [0.05, 0.1) is 0 Å². The van der Waals surface area contributed by atoms with Crippen molar-refractivity contribution in [2.75, 3.05) is 0 Å². The molecule has 0 saturated heterocycles. The van der Waals surface area contributed by atoms with Crippen molar-refractivity contribution in [3.8, 4) is 0 Å². The maximum atomic E-state index is 12.5. The summed E-state index contributed by atoms with van der Waals surface area (Å²) in [5.74, 6) is -0.688. The first-order valence-electron chi connectivity index (χ1n) is 4.62. The maximum Gasteiger partial charge on any atom is 0.435 e. The van der Waals surface area contributed by atoms with Crippen LogP contribution in [-0.2, 0) is 6.18 Å². The Bertz CT molecular complexity index is 462. The molecule has 1 aromatic heterocycles. The Labute approximate surface area is 82.7 Å². The average Bonchev–Trinajstić information content (AvgIpc) is 2.55. The lowest BCUT2D eigenvalue weighted by Gasteiger charge is -2.04. The van der Waals surface area contributed by atoms with E-state index in [0.717, 1.165) is 0 Å². The molecular weight excluding hydrogens is 209 g/mol. The summed E-state index contributed by atoms with van der Waals surface area (Å²) in [6.45, 7) is 1.79. The normalized spacial score (nSPS) is 32.8. The molecule has 2 aliphatic rings. The monoisotopic (exact) mass is 216 g/mol. The number of alkyl halides is 3. The number of H-pyrrole nitrogens is 1. The average molecular weight is 216 g/mol. The third kappa shape index (κ3) is 0.917. The summed E-state index contributed by atoms with van der Waals surface area (Å²) in [4.78, 5) is 11.6. The van der Waals surface area contributed by atoms with Crippen LogP contribution in [0.2, 0.25) is 0 Å². The van der Waals surface area contributed by atoms with Gasteiger partial charge >= 0.3 is 6.18 Å². The molecule has 15 heavy (non-hydrogen) atoms. The van der Waals surface area contributed by atoms with Crippen LogP contribution in [0, 0.1) is 11.8 Å². The summed E-state index contributed by atoms with van der Waals surface area (Å²) in [6, 6.07) is 0. The number of nitrogens with one attached hydrogen (secondary N) is 1. The van der Waals surface area contributed by atoms with Crippen LogP contribution in [0.4, 0.5) is 13.2 Å². The zero-order chi connectivity index (χ0) is 11.0. The van der Waals surface area contributed by atoms with E-state index in [-0.39, 0.29) is 34.8 Å². The van der Waals surface area contributed by atoms with Crippen LogP contribution in [0.3, 0.4) is 0 Å². The lowest BCUT2D eigenvalue weighted by Crippen LogP contribution is -2.08.